The molecule has 0 spiro atoms. The van der Waals surface area contributed by atoms with Crippen LogP contribution in [0.4, 0.5) is 5.69 Å². The normalized spacial score (nSPS) is 12.0. The van der Waals surface area contributed by atoms with Crippen LogP contribution in [0.3, 0.4) is 0 Å². The summed E-state index contributed by atoms with van der Waals surface area (Å²) in [5.74, 6) is -0.393. The van der Waals surface area contributed by atoms with Gasteiger partial charge >= 0.3 is 0 Å². The molecule has 40 heavy (non-hydrogen) atoms. The first kappa shape index (κ1) is 31.4. The van der Waals surface area contributed by atoms with E-state index in [4.69, 9.17) is 0 Å². The molecule has 7 nitrogen and oxygen atoms in total. The molecule has 0 aliphatic carbocycles. The fourth-order valence-electron chi connectivity index (χ4n) is 4.49. The van der Waals surface area contributed by atoms with E-state index in [1.807, 2.05) is 60.7 Å². The van der Waals surface area contributed by atoms with E-state index in [1.54, 1.807) is 29.2 Å². The topological polar surface area (TPSA) is 86.8 Å². The highest BCUT2D eigenvalue weighted by Crippen LogP contribution is 2.21. The SMILES string of the molecule is CCCCNC(=O)C(Cc1ccccc1)N(Cc1cccc(Br)c1)C(=O)CCCN(c1ccccc1)S(C)(=O)=O. The van der Waals surface area contributed by atoms with Gasteiger partial charge in [-0.2, -0.15) is 0 Å². The maximum atomic E-state index is 13.8. The molecule has 0 aliphatic heterocycles. The second-order valence-electron chi connectivity index (χ2n) is 9.78. The van der Waals surface area contributed by atoms with E-state index in [1.165, 1.54) is 4.31 Å². The van der Waals surface area contributed by atoms with Gasteiger partial charge in [-0.1, -0.05) is 89.9 Å². The number of amides is 2. The third-order valence-corrected chi connectivity index (χ3v) is 8.23. The van der Waals surface area contributed by atoms with Gasteiger partial charge in [0.25, 0.3) is 0 Å². The van der Waals surface area contributed by atoms with Crippen LogP contribution in [0, 0.1) is 0 Å². The summed E-state index contributed by atoms with van der Waals surface area (Å²) in [6.45, 7) is 3.02. The summed E-state index contributed by atoms with van der Waals surface area (Å²) >= 11 is 3.50. The van der Waals surface area contributed by atoms with E-state index >= 15 is 0 Å². The van der Waals surface area contributed by atoms with Gasteiger partial charge in [-0.3, -0.25) is 13.9 Å². The number of halogens is 1. The standard InChI is InChI=1S/C31H38BrN3O4S/c1-3-4-20-33-31(37)29(23-25-13-7-5-8-14-25)34(24-26-15-11-16-27(32)22-26)30(36)19-12-21-35(40(2,38)39)28-17-9-6-10-18-28/h5-11,13-18,22,29H,3-4,12,19-21,23-24H2,1-2H3,(H,33,37). The first-order chi connectivity index (χ1) is 19.2. The number of hydrogen-bond acceptors (Lipinski definition) is 4. The summed E-state index contributed by atoms with van der Waals surface area (Å²) < 4.78 is 27.2. The van der Waals surface area contributed by atoms with Crippen molar-refractivity contribution in [2.75, 3.05) is 23.7 Å². The number of anilines is 1. The van der Waals surface area contributed by atoms with E-state index in [0.29, 0.717) is 25.1 Å². The summed E-state index contributed by atoms with van der Waals surface area (Å²) in [5.41, 5.74) is 2.41. The van der Waals surface area contributed by atoms with Crippen molar-refractivity contribution < 1.29 is 18.0 Å². The molecule has 3 rings (SSSR count). The Hall–Kier alpha value is -3.17. The number of rotatable bonds is 15. The quantitative estimate of drug-likeness (QED) is 0.224. The Morgan fingerprint density at radius 2 is 1.55 bits per heavy atom. The molecule has 9 heteroatoms. The molecule has 1 unspecified atom stereocenters. The van der Waals surface area contributed by atoms with Gasteiger partial charge in [0.1, 0.15) is 6.04 Å². The van der Waals surface area contributed by atoms with Gasteiger partial charge in [0.2, 0.25) is 21.8 Å². The highest BCUT2D eigenvalue weighted by molar-refractivity contribution is 9.10. The van der Waals surface area contributed by atoms with Gasteiger partial charge in [-0.05, 0) is 48.2 Å². The van der Waals surface area contributed by atoms with Crippen LogP contribution >= 0.6 is 15.9 Å². The molecule has 0 aromatic heterocycles. The van der Waals surface area contributed by atoms with Gasteiger partial charge in [-0.15, -0.1) is 0 Å². The zero-order chi connectivity index (χ0) is 29.0. The number of nitrogens with one attached hydrogen (secondary N) is 1. The van der Waals surface area contributed by atoms with Crippen molar-refractivity contribution in [3.8, 4) is 0 Å². The third-order valence-electron chi connectivity index (χ3n) is 6.54. The van der Waals surface area contributed by atoms with Crippen LogP contribution in [-0.2, 0) is 32.6 Å². The average Bonchev–Trinajstić information content (AvgIpc) is 2.93. The molecule has 0 saturated heterocycles. The number of hydrogen-bond donors (Lipinski definition) is 1. The molecule has 0 saturated carbocycles. The summed E-state index contributed by atoms with van der Waals surface area (Å²) in [5, 5.41) is 3.02. The van der Waals surface area contributed by atoms with Crippen molar-refractivity contribution in [1.29, 1.82) is 0 Å². The van der Waals surface area contributed by atoms with Crippen LogP contribution in [0.15, 0.2) is 89.4 Å². The fourth-order valence-corrected chi connectivity index (χ4v) is 5.90. The second kappa shape index (κ2) is 15.6. The van der Waals surface area contributed by atoms with E-state index < -0.39 is 16.1 Å². The lowest BCUT2D eigenvalue weighted by molar-refractivity contribution is -0.141. The monoisotopic (exact) mass is 627 g/mol. The van der Waals surface area contributed by atoms with E-state index in [2.05, 4.69) is 28.2 Å². The van der Waals surface area contributed by atoms with Crippen molar-refractivity contribution in [3.63, 3.8) is 0 Å². The Morgan fingerprint density at radius 1 is 0.900 bits per heavy atom. The van der Waals surface area contributed by atoms with Gasteiger partial charge < -0.3 is 10.2 Å². The Balaban J connectivity index is 1.86. The molecule has 1 N–H and O–H groups in total. The smallest absolute Gasteiger partial charge is 0.243 e. The van der Waals surface area contributed by atoms with Crippen LogP contribution in [0.2, 0.25) is 0 Å². The molecule has 3 aromatic rings. The fraction of sp³-hybridized carbons (Fsp3) is 0.355. The van der Waals surface area contributed by atoms with Crippen molar-refractivity contribution in [2.45, 2.75) is 51.6 Å². The lowest BCUT2D eigenvalue weighted by atomic mass is 10.0. The van der Waals surface area contributed by atoms with E-state index in [-0.39, 0.29) is 31.3 Å². The summed E-state index contributed by atoms with van der Waals surface area (Å²) in [6.07, 6.45) is 3.74. The third kappa shape index (κ3) is 9.78. The van der Waals surface area contributed by atoms with Crippen molar-refractivity contribution >= 4 is 43.5 Å². The molecular formula is C31H38BrN3O4S. The molecule has 1 atom stereocenters. The molecule has 214 valence electrons. The van der Waals surface area contributed by atoms with E-state index in [0.717, 1.165) is 34.7 Å². The maximum absolute atomic E-state index is 13.8. The highest BCUT2D eigenvalue weighted by atomic mass is 79.9. The molecule has 0 heterocycles. The predicted molar refractivity (Wildman–Crippen MR) is 164 cm³/mol. The largest absolute Gasteiger partial charge is 0.354 e. The highest BCUT2D eigenvalue weighted by Gasteiger charge is 2.30. The zero-order valence-corrected chi connectivity index (χ0v) is 25.5. The van der Waals surface area contributed by atoms with Gasteiger partial charge in [0, 0.05) is 36.9 Å². The number of carbonyl (C=O) groups excluding carboxylic acids is 2. The number of sulfonamides is 1. The molecule has 0 aliphatic rings. The Bertz CT molecular complexity index is 1340. The molecular weight excluding hydrogens is 590 g/mol. The van der Waals surface area contributed by atoms with Crippen LogP contribution in [-0.4, -0.2) is 50.5 Å². The Labute approximate surface area is 246 Å². The maximum Gasteiger partial charge on any atom is 0.243 e. The average molecular weight is 629 g/mol. The minimum absolute atomic E-state index is 0.0976. The first-order valence-electron chi connectivity index (χ1n) is 13.6. The van der Waals surface area contributed by atoms with Crippen molar-refractivity contribution in [2.24, 2.45) is 0 Å². The van der Waals surface area contributed by atoms with Crippen LogP contribution in [0.5, 0.6) is 0 Å². The summed E-state index contributed by atoms with van der Waals surface area (Å²) in [7, 11) is -3.53. The van der Waals surface area contributed by atoms with E-state index in [9.17, 15) is 18.0 Å². The number of nitrogens with zero attached hydrogens (tertiary/aromatic N) is 2. The first-order valence-corrected chi connectivity index (χ1v) is 16.2. The van der Waals surface area contributed by atoms with Crippen molar-refractivity contribution in [3.05, 3.63) is 101 Å². The number of benzene rings is 3. The number of unbranched alkanes of at least 4 members (excludes halogenated alkanes) is 1. The molecule has 0 fully saturated rings. The van der Waals surface area contributed by atoms with Crippen LogP contribution < -0.4 is 9.62 Å². The molecule has 2 amide bonds. The Morgan fingerprint density at radius 3 is 2.17 bits per heavy atom. The van der Waals surface area contributed by atoms with Crippen molar-refractivity contribution in [1.82, 2.24) is 10.2 Å². The minimum atomic E-state index is -3.53. The molecule has 3 aromatic carbocycles. The predicted octanol–water partition coefficient (Wildman–Crippen LogP) is 5.55. The second-order valence-corrected chi connectivity index (χ2v) is 12.6. The van der Waals surface area contributed by atoms with Crippen LogP contribution in [0.1, 0.15) is 43.7 Å². The van der Waals surface area contributed by atoms with Crippen LogP contribution in [0.25, 0.3) is 0 Å². The zero-order valence-electron chi connectivity index (χ0n) is 23.1. The summed E-state index contributed by atoms with van der Waals surface area (Å²) in [4.78, 5) is 29.0. The molecule has 0 radical (unpaired) electrons. The van der Waals surface area contributed by atoms with Gasteiger partial charge in [0.15, 0.2) is 0 Å². The number of carbonyl (C=O) groups is 2. The lowest BCUT2D eigenvalue weighted by Gasteiger charge is -2.32. The Kier molecular flexibility index (Phi) is 12.2. The summed E-state index contributed by atoms with van der Waals surface area (Å²) in [6, 6.07) is 25.5. The molecule has 0 bridgehead atoms. The lowest BCUT2D eigenvalue weighted by Crippen LogP contribution is -2.50. The van der Waals surface area contributed by atoms with Gasteiger partial charge in [-0.25, -0.2) is 8.42 Å². The van der Waals surface area contributed by atoms with Gasteiger partial charge in [0.05, 0.1) is 11.9 Å². The number of para-hydroxylation sites is 1. The minimum Gasteiger partial charge on any atom is -0.354 e.